The Balaban J connectivity index is 0.00000324. The lowest BCUT2D eigenvalue weighted by Gasteiger charge is -2.18. The van der Waals surface area contributed by atoms with Gasteiger partial charge in [0, 0.05) is 5.56 Å². The molecule has 0 radical (unpaired) electrons. The predicted octanol–water partition coefficient (Wildman–Crippen LogP) is 1.31. The molecule has 0 fully saturated rings. The summed E-state index contributed by atoms with van der Waals surface area (Å²) in [4.78, 5) is 11.5. The van der Waals surface area contributed by atoms with Crippen LogP contribution in [0.1, 0.15) is 11.6 Å². The van der Waals surface area contributed by atoms with Gasteiger partial charge in [-0.2, -0.15) is 0 Å². The van der Waals surface area contributed by atoms with Crippen molar-refractivity contribution in [3.8, 4) is 17.2 Å². The highest BCUT2D eigenvalue weighted by atomic mass is 35.5. The SMILES string of the molecule is COC(=O)[C@@H](N)c1ccc(OC)c(OC)c1OC.Cl. The number of hydrogen-bond acceptors (Lipinski definition) is 6. The summed E-state index contributed by atoms with van der Waals surface area (Å²) in [6.45, 7) is 0. The Bertz CT molecular complexity index is 438. The van der Waals surface area contributed by atoms with E-state index >= 15 is 0 Å². The first-order chi connectivity index (χ1) is 8.60. The zero-order valence-electron chi connectivity index (χ0n) is 11.3. The number of carbonyl (C=O) groups excluding carboxylic acids is 1. The highest BCUT2D eigenvalue weighted by Crippen LogP contribution is 2.41. The largest absolute Gasteiger partial charge is 0.493 e. The second-order valence-corrected chi connectivity index (χ2v) is 3.42. The number of benzene rings is 1. The summed E-state index contributed by atoms with van der Waals surface area (Å²) in [5.74, 6) is 0.683. The van der Waals surface area contributed by atoms with E-state index in [1.807, 2.05) is 0 Å². The summed E-state index contributed by atoms with van der Waals surface area (Å²) in [5.41, 5.74) is 6.26. The standard InChI is InChI=1S/C12H17NO5.ClH/c1-15-8-6-5-7(9(13)12(14)18-4)10(16-2)11(8)17-3;/h5-6,9H,13H2,1-4H3;1H/t9-;/m0./s1. The predicted molar refractivity (Wildman–Crippen MR) is 72.3 cm³/mol. The number of halogens is 1. The van der Waals surface area contributed by atoms with Gasteiger partial charge in [0.1, 0.15) is 6.04 Å². The fraction of sp³-hybridized carbons (Fsp3) is 0.417. The van der Waals surface area contributed by atoms with E-state index in [1.165, 1.54) is 28.4 Å². The normalized spacial score (nSPS) is 11.0. The zero-order valence-corrected chi connectivity index (χ0v) is 12.1. The van der Waals surface area contributed by atoms with E-state index in [0.29, 0.717) is 22.8 Å². The molecule has 2 N–H and O–H groups in total. The number of carbonyl (C=O) groups is 1. The first-order valence-electron chi connectivity index (χ1n) is 5.22. The van der Waals surface area contributed by atoms with Crippen LogP contribution in [0.15, 0.2) is 12.1 Å². The molecule has 0 amide bonds. The molecule has 0 aromatic heterocycles. The van der Waals surface area contributed by atoms with Crippen LogP contribution < -0.4 is 19.9 Å². The van der Waals surface area contributed by atoms with E-state index in [-0.39, 0.29) is 12.4 Å². The molecule has 1 rings (SSSR count). The zero-order chi connectivity index (χ0) is 13.7. The molecule has 0 spiro atoms. The van der Waals surface area contributed by atoms with Crippen molar-refractivity contribution in [2.24, 2.45) is 5.73 Å². The lowest BCUT2D eigenvalue weighted by molar-refractivity contribution is -0.142. The maximum Gasteiger partial charge on any atom is 0.327 e. The molecule has 0 aliphatic rings. The third-order valence-electron chi connectivity index (χ3n) is 2.52. The lowest BCUT2D eigenvalue weighted by atomic mass is 10.1. The van der Waals surface area contributed by atoms with Crippen molar-refractivity contribution in [1.29, 1.82) is 0 Å². The van der Waals surface area contributed by atoms with Crippen LogP contribution in [0.5, 0.6) is 17.2 Å². The molecule has 108 valence electrons. The highest BCUT2D eigenvalue weighted by Gasteiger charge is 2.24. The molecule has 1 atom stereocenters. The third-order valence-corrected chi connectivity index (χ3v) is 2.52. The van der Waals surface area contributed by atoms with E-state index in [1.54, 1.807) is 12.1 Å². The Morgan fingerprint density at radius 1 is 1.05 bits per heavy atom. The molecule has 6 nitrogen and oxygen atoms in total. The van der Waals surface area contributed by atoms with Gasteiger partial charge in [-0.15, -0.1) is 12.4 Å². The second kappa shape index (κ2) is 7.70. The monoisotopic (exact) mass is 291 g/mol. The minimum absolute atomic E-state index is 0. The summed E-state index contributed by atoms with van der Waals surface area (Å²) in [7, 11) is 5.73. The van der Waals surface area contributed by atoms with Crippen LogP contribution >= 0.6 is 12.4 Å². The topological polar surface area (TPSA) is 80.0 Å². The average molecular weight is 292 g/mol. The van der Waals surface area contributed by atoms with Crippen LogP contribution in [0.2, 0.25) is 0 Å². The molecule has 7 heteroatoms. The van der Waals surface area contributed by atoms with Crippen LogP contribution in [-0.4, -0.2) is 34.4 Å². The average Bonchev–Trinajstić information content (AvgIpc) is 2.43. The van der Waals surface area contributed by atoms with E-state index < -0.39 is 12.0 Å². The van der Waals surface area contributed by atoms with Gasteiger partial charge < -0.3 is 24.7 Å². The molecule has 0 saturated heterocycles. The van der Waals surface area contributed by atoms with Crippen molar-refractivity contribution in [3.05, 3.63) is 17.7 Å². The van der Waals surface area contributed by atoms with Crippen molar-refractivity contribution in [3.63, 3.8) is 0 Å². The van der Waals surface area contributed by atoms with Gasteiger partial charge in [-0.05, 0) is 12.1 Å². The van der Waals surface area contributed by atoms with Crippen molar-refractivity contribution in [2.45, 2.75) is 6.04 Å². The Hall–Kier alpha value is -1.66. The maximum atomic E-state index is 11.5. The number of esters is 1. The first-order valence-corrected chi connectivity index (χ1v) is 5.22. The van der Waals surface area contributed by atoms with Crippen LogP contribution in [-0.2, 0) is 9.53 Å². The number of methoxy groups -OCH3 is 4. The molecule has 0 aliphatic heterocycles. The molecular formula is C12H18ClNO5. The first kappa shape index (κ1) is 17.3. The van der Waals surface area contributed by atoms with Gasteiger partial charge in [0.2, 0.25) is 5.75 Å². The van der Waals surface area contributed by atoms with Gasteiger partial charge >= 0.3 is 5.97 Å². The van der Waals surface area contributed by atoms with Crippen LogP contribution in [0, 0.1) is 0 Å². The fourth-order valence-corrected chi connectivity index (χ4v) is 1.62. The van der Waals surface area contributed by atoms with Gasteiger partial charge in [0.25, 0.3) is 0 Å². The van der Waals surface area contributed by atoms with Gasteiger partial charge in [0.05, 0.1) is 28.4 Å². The molecule has 0 heterocycles. The molecule has 1 aromatic rings. The number of rotatable bonds is 5. The summed E-state index contributed by atoms with van der Waals surface area (Å²) < 4.78 is 20.2. The van der Waals surface area contributed by atoms with Gasteiger partial charge in [-0.1, -0.05) is 0 Å². The van der Waals surface area contributed by atoms with Gasteiger partial charge in [0.15, 0.2) is 11.5 Å². The van der Waals surface area contributed by atoms with Crippen molar-refractivity contribution >= 4 is 18.4 Å². The van der Waals surface area contributed by atoms with Gasteiger partial charge in [-0.25, -0.2) is 0 Å². The minimum Gasteiger partial charge on any atom is -0.493 e. The Morgan fingerprint density at radius 3 is 2.05 bits per heavy atom. The van der Waals surface area contributed by atoms with Crippen LogP contribution in [0.3, 0.4) is 0 Å². The molecule has 0 saturated carbocycles. The molecule has 0 bridgehead atoms. The molecular weight excluding hydrogens is 274 g/mol. The minimum atomic E-state index is -0.940. The summed E-state index contributed by atoms with van der Waals surface area (Å²) in [6, 6.07) is 2.35. The number of ether oxygens (including phenoxy) is 4. The molecule has 1 aromatic carbocycles. The smallest absolute Gasteiger partial charge is 0.327 e. The van der Waals surface area contributed by atoms with Gasteiger partial charge in [-0.3, -0.25) is 4.79 Å². The second-order valence-electron chi connectivity index (χ2n) is 3.42. The Kier molecular flexibility index (Phi) is 7.03. The van der Waals surface area contributed by atoms with Crippen molar-refractivity contribution < 1.29 is 23.7 Å². The van der Waals surface area contributed by atoms with E-state index in [4.69, 9.17) is 19.9 Å². The van der Waals surface area contributed by atoms with Crippen LogP contribution in [0.4, 0.5) is 0 Å². The van der Waals surface area contributed by atoms with Crippen molar-refractivity contribution in [1.82, 2.24) is 0 Å². The van der Waals surface area contributed by atoms with E-state index in [2.05, 4.69) is 4.74 Å². The quantitative estimate of drug-likeness (QED) is 0.824. The Labute approximate surface area is 118 Å². The molecule has 19 heavy (non-hydrogen) atoms. The summed E-state index contributed by atoms with van der Waals surface area (Å²) in [6.07, 6.45) is 0. The van der Waals surface area contributed by atoms with E-state index in [0.717, 1.165) is 0 Å². The lowest BCUT2D eigenvalue weighted by Crippen LogP contribution is -2.23. The van der Waals surface area contributed by atoms with E-state index in [9.17, 15) is 4.79 Å². The summed E-state index contributed by atoms with van der Waals surface area (Å²) >= 11 is 0. The van der Waals surface area contributed by atoms with Crippen LogP contribution in [0.25, 0.3) is 0 Å². The number of hydrogen-bond donors (Lipinski definition) is 1. The summed E-state index contributed by atoms with van der Waals surface area (Å²) in [5, 5.41) is 0. The Morgan fingerprint density at radius 2 is 1.63 bits per heavy atom. The van der Waals surface area contributed by atoms with Crippen molar-refractivity contribution in [2.75, 3.05) is 28.4 Å². The third kappa shape index (κ3) is 3.42. The maximum absolute atomic E-state index is 11.5. The molecule has 0 unspecified atom stereocenters. The molecule has 0 aliphatic carbocycles. The highest BCUT2D eigenvalue weighted by molar-refractivity contribution is 5.85. The fourth-order valence-electron chi connectivity index (χ4n) is 1.62. The number of nitrogens with two attached hydrogens (primary N) is 1.